The van der Waals surface area contributed by atoms with Crippen LogP contribution >= 0.6 is 0 Å². The Hall–Kier alpha value is -1.51. The topological polar surface area (TPSA) is 29.3 Å². The van der Waals surface area contributed by atoms with Gasteiger partial charge in [-0.3, -0.25) is 0 Å². The van der Waals surface area contributed by atoms with Crippen molar-refractivity contribution < 1.29 is 9.53 Å². The molecule has 3 nitrogen and oxygen atoms in total. The fourth-order valence-corrected chi connectivity index (χ4v) is 2.09. The molecule has 1 atom stereocenters. The highest BCUT2D eigenvalue weighted by molar-refractivity contribution is 5.87. The van der Waals surface area contributed by atoms with Gasteiger partial charge in [-0.1, -0.05) is 18.2 Å². The summed E-state index contributed by atoms with van der Waals surface area (Å²) in [6, 6.07) is 6.11. The van der Waals surface area contributed by atoms with Crippen LogP contribution in [0.25, 0.3) is 0 Å². The first-order valence-corrected chi connectivity index (χ1v) is 5.64. The second-order valence-electron chi connectivity index (χ2n) is 4.16. The Morgan fingerprint density at radius 3 is 2.62 bits per heavy atom. The van der Waals surface area contributed by atoms with E-state index < -0.39 is 0 Å². The van der Waals surface area contributed by atoms with Crippen molar-refractivity contribution >= 4 is 11.7 Å². The van der Waals surface area contributed by atoms with Gasteiger partial charge in [0, 0.05) is 5.69 Å². The lowest BCUT2D eigenvalue weighted by Gasteiger charge is -2.12. The maximum absolute atomic E-state index is 11.5. The van der Waals surface area contributed by atoms with E-state index in [2.05, 4.69) is 30.9 Å². The molecule has 0 aromatic heterocycles. The average molecular weight is 219 g/mol. The summed E-state index contributed by atoms with van der Waals surface area (Å²) in [6.07, 6.45) is 0. The van der Waals surface area contributed by atoms with Crippen molar-refractivity contribution in [1.29, 1.82) is 0 Å². The van der Waals surface area contributed by atoms with Crippen LogP contribution in [0.1, 0.15) is 18.1 Å². The number of anilines is 1. The van der Waals surface area contributed by atoms with Crippen LogP contribution in [0.2, 0.25) is 0 Å². The van der Waals surface area contributed by atoms with Crippen LogP contribution in [0, 0.1) is 13.8 Å². The first kappa shape index (κ1) is 11.0. The molecular formula is C13H17NO2. The molecule has 3 heteroatoms. The molecule has 0 radical (unpaired) electrons. The lowest BCUT2D eigenvalue weighted by molar-refractivity contribution is -0.142. The first-order chi connectivity index (χ1) is 7.65. The Labute approximate surface area is 96.0 Å². The van der Waals surface area contributed by atoms with Gasteiger partial charge < -0.3 is 9.64 Å². The van der Waals surface area contributed by atoms with Gasteiger partial charge in [0.15, 0.2) is 0 Å². The van der Waals surface area contributed by atoms with E-state index in [0.717, 1.165) is 6.54 Å². The summed E-state index contributed by atoms with van der Waals surface area (Å²) in [5.74, 6) is -0.106. The summed E-state index contributed by atoms with van der Waals surface area (Å²) in [4.78, 5) is 13.6. The largest absolute Gasteiger partial charge is 0.464 e. The number of hydrogen-bond donors (Lipinski definition) is 0. The number of rotatable bonds is 3. The van der Waals surface area contributed by atoms with Gasteiger partial charge in [-0.05, 0) is 31.9 Å². The number of aryl methyl sites for hydroxylation is 2. The minimum Gasteiger partial charge on any atom is -0.464 e. The van der Waals surface area contributed by atoms with Gasteiger partial charge in [-0.15, -0.1) is 0 Å². The number of hydrogen-bond acceptors (Lipinski definition) is 3. The molecule has 1 saturated heterocycles. The lowest BCUT2D eigenvalue weighted by Crippen LogP contribution is -2.16. The summed E-state index contributed by atoms with van der Waals surface area (Å²) >= 11 is 0. The molecule has 86 valence electrons. The summed E-state index contributed by atoms with van der Waals surface area (Å²) in [6.45, 7) is 7.22. The molecule has 1 unspecified atom stereocenters. The first-order valence-electron chi connectivity index (χ1n) is 5.64. The summed E-state index contributed by atoms with van der Waals surface area (Å²) in [7, 11) is 0. The van der Waals surface area contributed by atoms with Gasteiger partial charge in [0.2, 0.25) is 0 Å². The van der Waals surface area contributed by atoms with E-state index in [1.54, 1.807) is 0 Å². The number of ether oxygens (including phenoxy) is 1. The molecule has 1 aliphatic rings. The van der Waals surface area contributed by atoms with Crippen LogP contribution in [0.15, 0.2) is 18.2 Å². The highest BCUT2D eigenvalue weighted by Gasteiger charge is 2.42. The minimum atomic E-state index is -0.106. The van der Waals surface area contributed by atoms with Crippen molar-refractivity contribution in [2.24, 2.45) is 0 Å². The summed E-state index contributed by atoms with van der Waals surface area (Å²) in [5, 5.41) is 0. The molecule has 0 saturated carbocycles. The van der Waals surface area contributed by atoms with Crippen LogP contribution in [0.5, 0.6) is 0 Å². The average Bonchev–Trinajstić information content (AvgIpc) is 2.98. The maximum atomic E-state index is 11.5. The zero-order chi connectivity index (χ0) is 11.7. The molecule has 2 rings (SSSR count). The highest BCUT2D eigenvalue weighted by atomic mass is 16.5. The van der Waals surface area contributed by atoms with Crippen molar-refractivity contribution in [3.05, 3.63) is 29.3 Å². The number of esters is 1. The Bertz CT molecular complexity index is 394. The van der Waals surface area contributed by atoms with Crippen LogP contribution in [-0.2, 0) is 9.53 Å². The quantitative estimate of drug-likeness (QED) is 0.575. The standard InChI is InChI=1S/C13H17NO2/c1-4-16-13(15)11-8-14(11)12-9(2)6-5-7-10(12)3/h5-7,11H,4,8H2,1-3H3. The second kappa shape index (κ2) is 4.16. The predicted octanol–water partition coefficient (Wildman–Crippen LogP) is 2.06. The van der Waals surface area contributed by atoms with Crippen LogP contribution in [-0.4, -0.2) is 25.2 Å². The van der Waals surface area contributed by atoms with Crippen molar-refractivity contribution in [3.63, 3.8) is 0 Å². The minimum absolute atomic E-state index is 0.0697. The second-order valence-corrected chi connectivity index (χ2v) is 4.16. The molecule has 1 aliphatic heterocycles. The molecule has 0 bridgehead atoms. The molecule has 1 fully saturated rings. The number of carbonyl (C=O) groups is 1. The fraction of sp³-hybridized carbons (Fsp3) is 0.462. The molecule has 0 amide bonds. The van der Waals surface area contributed by atoms with Crippen LogP contribution < -0.4 is 4.90 Å². The maximum Gasteiger partial charge on any atom is 0.330 e. The van der Waals surface area contributed by atoms with E-state index >= 15 is 0 Å². The van der Waals surface area contributed by atoms with Crippen molar-refractivity contribution in [2.75, 3.05) is 18.1 Å². The number of carbonyl (C=O) groups excluding carboxylic acids is 1. The molecule has 0 aliphatic carbocycles. The van der Waals surface area contributed by atoms with E-state index in [1.807, 2.05) is 13.0 Å². The smallest absolute Gasteiger partial charge is 0.330 e. The summed E-state index contributed by atoms with van der Waals surface area (Å²) in [5.41, 5.74) is 3.61. The van der Waals surface area contributed by atoms with Gasteiger partial charge in [-0.2, -0.15) is 0 Å². The van der Waals surface area contributed by atoms with Gasteiger partial charge in [0.1, 0.15) is 6.04 Å². The van der Waals surface area contributed by atoms with E-state index in [-0.39, 0.29) is 12.0 Å². The number of para-hydroxylation sites is 1. The van der Waals surface area contributed by atoms with Crippen LogP contribution in [0.3, 0.4) is 0 Å². The third-order valence-electron chi connectivity index (χ3n) is 2.90. The normalized spacial score (nSPS) is 18.4. The van der Waals surface area contributed by atoms with E-state index in [4.69, 9.17) is 4.74 Å². The van der Waals surface area contributed by atoms with Crippen molar-refractivity contribution in [1.82, 2.24) is 0 Å². The van der Waals surface area contributed by atoms with Crippen molar-refractivity contribution in [2.45, 2.75) is 26.8 Å². The zero-order valence-electron chi connectivity index (χ0n) is 9.99. The number of nitrogens with zero attached hydrogens (tertiary/aromatic N) is 1. The van der Waals surface area contributed by atoms with Crippen LogP contribution in [0.4, 0.5) is 5.69 Å². The van der Waals surface area contributed by atoms with Gasteiger partial charge in [0.25, 0.3) is 0 Å². The summed E-state index contributed by atoms with van der Waals surface area (Å²) < 4.78 is 5.02. The lowest BCUT2D eigenvalue weighted by atomic mass is 10.1. The number of benzene rings is 1. The van der Waals surface area contributed by atoms with Gasteiger partial charge in [0.05, 0.1) is 13.2 Å². The molecule has 16 heavy (non-hydrogen) atoms. The molecule has 0 spiro atoms. The van der Waals surface area contributed by atoms with E-state index in [0.29, 0.717) is 6.61 Å². The van der Waals surface area contributed by atoms with Gasteiger partial charge >= 0.3 is 5.97 Å². The molecular weight excluding hydrogens is 202 g/mol. The highest BCUT2D eigenvalue weighted by Crippen LogP contribution is 2.34. The predicted molar refractivity (Wildman–Crippen MR) is 63.7 cm³/mol. The molecule has 1 aromatic rings. The monoisotopic (exact) mass is 219 g/mol. The third-order valence-corrected chi connectivity index (χ3v) is 2.90. The Kier molecular flexibility index (Phi) is 2.86. The Morgan fingerprint density at radius 1 is 1.44 bits per heavy atom. The Morgan fingerprint density at radius 2 is 2.06 bits per heavy atom. The van der Waals surface area contributed by atoms with E-state index in [1.165, 1.54) is 16.8 Å². The zero-order valence-corrected chi connectivity index (χ0v) is 9.99. The Balaban J connectivity index is 2.14. The molecule has 0 N–H and O–H groups in total. The SMILES string of the molecule is CCOC(=O)C1CN1c1c(C)cccc1C. The third kappa shape index (κ3) is 1.90. The van der Waals surface area contributed by atoms with Crippen molar-refractivity contribution in [3.8, 4) is 0 Å². The molecule has 1 heterocycles. The van der Waals surface area contributed by atoms with E-state index in [9.17, 15) is 4.79 Å². The fourth-order valence-electron chi connectivity index (χ4n) is 2.09. The molecule has 1 aromatic carbocycles. The van der Waals surface area contributed by atoms with Gasteiger partial charge in [-0.25, -0.2) is 4.79 Å².